The molecule has 0 spiro atoms. The number of carbonyl (C=O) groups excluding carboxylic acids is 2. The quantitative estimate of drug-likeness (QED) is 0.268. The number of halogens is 1. The lowest BCUT2D eigenvalue weighted by Crippen LogP contribution is -2.18. The second-order valence-electron chi connectivity index (χ2n) is 7.27. The highest BCUT2D eigenvalue weighted by Gasteiger charge is 2.14. The Balaban J connectivity index is 1.60. The first-order valence-electron chi connectivity index (χ1n) is 10.1. The first-order valence-corrected chi connectivity index (χ1v) is 10.9. The summed E-state index contributed by atoms with van der Waals surface area (Å²) in [6, 6.07) is 25.9. The van der Waals surface area contributed by atoms with E-state index in [1.165, 1.54) is 0 Å². The van der Waals surface area contributed by atoms with Crippen LogP contribution in [0.3, 0.4) is 0 Å². The van der Waals surface area contributed by atoms with Gasteiger partial charge in [0, 0.05) is 38.5 Å². The van der Waals surface area contributed by atoms with Gasteiger partial charge in [-0.1, -0.05) is 52.3 Å². The molecule has 3 aromatic carbocycles. The van der Waals surface area contributed by atoms with Gasteiger partial charge in [-0.15, -0.1) is 0 Å². The van der Waals surface area contributed by atoms with Gasteiger partial charge in [-0.05, 0) is 48.5 Å². The van der Waals surface area contributed by atoms with Crippen LogP contribution < -0.4 is 10.6 Å². The second-order valence-corrected chi connectivity index (χ2v) is 8.19. The maximum atomic E-state index is 12.7. The molecule has 0 fully saturated rings. The van der Waals surface area contributed by atoms with Gasteiger partial charge in [0.15, 0.2) is 0 Å². The van der Waals surface area contributed by atoms with Crippen LogP contribution in [0.2, 0.25) is 0 Å². The number of rotatable bonds is 6. The number of fused-ring (bicyclic) bond motifs is 1. The number of nitriles is 1. The molecular weight excluding hydrogens is 480 g/mol. The zero-order valence-electron chi connectivity index (χ0n) is 17.5. The highest BCUT2D eigenvalue weighted by atomic mass is 79.9. The van der Waals surface area contributed by atoms with Crippen molar-refractivity contribution in [2.45, 2.75) is 6.54 Å². The molecule has 0 bridgehead atoms. The van der Waals surface area contributed by atoms with Crippen molar-refractivity contribution in [1.82, 2.24) is 4.57 Å². The number of amides is 2. The Bertz CT molecular complexity index is 1380. The van der Waals surface area contributed by atoms with Crippen molar-refractivity contribution in [1.29, 1.82) is 5.26 Å². The lowest BCUT2D eigenvalue weighted by molar-refractivity contribution is -0.116. The number of nitrogens with zero attached hydrogens (tertiary/aromatic N) is 2. The number of benzene rings is 3. The molecule has 0 aliphatic heterocycles. The molecule has 7 heteroatoms. The minimum Gasteiger partial charge on any atom is -0.337 e. The van der Waals surface area contributed by atoms with Gasteiger partial charge in [0.05, 0.1) is 0 Å². The van der Waals surface area contributed by atoms with Crippen molar-refractivity contribution in [3.63, 3.8) is 0 Å². The lowest BCUT2D eigenvalue weighted by Gasteiger charge is -2.07. The first kappa shape index (κ1) is 22.1. The average Bonchev–Trinajstić information content (AvgIpc) is 3.16. The number of hydrogen-bond acceptors (Lipinski definition) is 3. The van der Waals surface area contributed by atoms with Gasteiger partial charge >= 0.3 is 0 Å². The third kappa shape index (κ3) is 5.37. The van der Waals surface area contributed by atoms with Crippen molar-refractivity contribution in [2.75, 3.05) is 10.6 Å². The van der Waals surface area contributed by atoms with Gasteiger partial charge in [0.2, 0.25) is 5.91 Å². The van der Waals surface area contributed by atoms with Crippen LogP contribution in [0.25, 0.3) is 17.0 Å². The zero-order chi connectivity index (χ0) is 23.2. The highest BCUT2D eigenvalue weighted by molar-refractivity contribution is 9.10. The van der Waals surface area contributed by atoms with Gasteiger partial charge < -0.3 is 15.2 Å². The molecule has 0 aliphatic rings. The van der Waals surface area contributed by atoms with E-state index in [0.717, 1.165) is 21.1 Å². The summed E-state index contributed by atoms with van der Waals surface area (Å²) in [6.45, 7) is 0.0935. The van der Waals surface area contributed by atoms with Crippen molar-refractivity contribution < 1.29 is 9.59 Å². The molecule has 0 saturated carbocycles. The summed E-state index contributed by atoms with van der Waals surface area (Å²) in [6.07, 6.45) is 3.32. The van der Waals surface area contributed by atoms with Crippen LogP contribution in [0.4, 0.5) is 11.4 Å². The number of para-hydroxylation sites is 2. The van der Waals surface area contributed by atoms with Crippen molar-refractivity contribution in [3.8, 4) is 6.07 Å². The SMILES string of the molecule is N#CC(=Cc1cn(CC(=O)Nc2ccccc2)c2ccccc12)C(=O)Nc1ccc(Br)cc1. The fraction of sp³-hybridized carbons (Fsp3) is 0.0385. The third-order valence-corrected chi connectivity index (χ3v) is 5.49. The van der Waals surface area contributed by atoms with Gasteiger partial charge in [0.1, 0.15) is 18.2 Å². The summed E-state index contributed by atoms with van der Waals surface area (Å²) < 4.78 is 2.70. The molecule has 4 aromatic rings. The van der Waals surface area contributed by atoms with Crippen LogP contribution >= 0.6 is 15.9 Å². The summed E-state index contributed by atoms with van der Waals surface area (Å²) in [5.41, 5.74) is 2.78. The molecule has 33 heavy (non-hydrogen) atoms. The number of carbonyl (C=O) groups is 2. The van der Waals surface area contributed by atoms with Gasteiger partial charge in [-0.25, -0.2) is 0 Å². The molecule has 0 radical (unpaired) electrons. The predicted molar refractivity (Wildman–Crippen MR) is 133 cm³/mol. The molecule has 162 valence electrons. The van der Waals surface area contributed by atoms with Crippen LogP contribution in [0, 0.1) is 11.3 Å². The van der Waals surface area contributed by atoms with E-state index in [2.05, 4.69) is 26.6 Å². The van der Waals surface area contributed by atoms with Crippen LogP contribution in [-0.4, -0.2) is 16.4 Å². The summed E-state index contributed by atoms with van der Waals surface area (Å²) in [5, 5.41) is 16.1. The molecular formula is C26H19BrN4O2. The minimum atomic E-state index is -0.501. The van der Waals surface area contributed by atoms with E-state index in [1.807, 2.05) is 60.7 Å². The maximum absolute atomic E-state index is 12.7. The van der Waals surface area contributed by atoms with Crippen molar-refractivity contribution in [2.24, 2.45) is 0 Å². The van der Waals surface area contributed by atoms with Gasteiger partial charge in [-0.3, -0.25) is 9.59 Å². The fourth-order valence-electron chi connectivity index (χ4n) is 3.43. The first-order chi connectivity index (χ1) is 16.0. The van der Waals surface area contributed by atoms with Crippen LogP contribution in [0.5, 0.6) is 0 Å². The highest BCUT2D eigenvalue weighted by Crippen LogP contribution is 2.24. The number of nitrogens with one attached hydrogen (secondary N) is 2. The Morgan fingerprint density at radius 3 is 2.30 bits per heavy atom. The monoisotopic (exact) mass is 498 g/mol. The van der Waals surface area contributed by atoms with Crippen molar-refractivity contribution >= 4 is 56.1 Å². The Morgan fingerprint density at radius 2 is 1.58 bits per heavy atom. The Labute approximate surface area is 199 Å². The summed E-state index contributed by atoms with van der Waals surface area (Å²) in [5.74, 6) is -0.676. The summed E-state index contributed by atoms with van der Waals surface area (Å²) in [7, 11) is 0. The van der Waals surface area contributed by atoms with Crippen LogP contribution in [0.15, 0.2) is 95.1 Å². The Kier molecular flexibility index (Phi) is 6.67. The molecule has 6 nitrogen and oxygen atoms in total. The topological polar surface area (TPSA) is 86.9 Å². The summed E-state index contributed by atoms with van der Waals surface area (Å²) >= 11 is 3.35. The molecule has 0 aliphatic carbocycles. The van der Waals surface area contributed by atoms with Gasteiger partial charge in [-0.2, -0.15) is 5.26 Å². The molecule has 1 heterocycles. The Hall–Kier alpha value is -4.15. The second kappa shape index (κ2) is 9.98. The lowest BCUT2D eigenvalue weighted by atomic mass is 10.1. The Morgan fingerprint density at radius 1 is 0.909 bits per heavy atom. The maximum Gasteiger partial charge on any atom is 0.266 e. The van der Waals surface area contributed by atoms with E-state index < -0.39 is 5.91 Å². The molecule has 0 atom stereocenters. The van der Waals surface area contributed by atoms with E-state index in [9.17, 15) is 14.9 Å². The van der Waals surface area contributed by atoms with E-state index in [4.69, 9.17) is 0 Å². The molecule has 1 aromatic heterocycles. The number of aromatic nitrogens is 1. The summed E-state index contributed by atoms with van der Waals surface area (Å²) in [4.78, 5) is 25.3. The van der Waals surface area contributed by atoms with Crippen LogP contribution in [-0.2, 0) is 16.1 Å². The fourth-order valence-corrected chi connectivity index (χ4v) is 3.70. The smallest absolute Gasteiger partial charge is 0.266 e. The number of anilines is 2. The minimum absolute atomic E-state index is 0.0328. The molecule has 0 unspecified atom stereocenters. The number of hydrogen-bond donors (Lipinski definition) is 2. The van der Waals surface area contributed by atoms with E-state index in [-0.39, 0.29) is 18.0 Å². The largest absolute Gasteiger partial charge is 0.337 e. The van der Waals surface area contributed by atoms with Crippen LogP contribution in [0.1, 0.15) is 5.56 Å². The standard InChI is InChI=1S/C26H19BrN4O2/c27-20-10-12-22(13-11-20)30-26(33)18(15-28)14-19-16-31(24-9-5-4-8-23(19)24)17-25(32)29-21-6-2-1-3-7-21/h1-14,16H,17H2,(H,29,32)(H,30,33). The normalized spacial score (nSPS) is 11.1. The van der Waals surface area contributed by atoms with Crippen molar-refractivity contribution in [3.05, 3.63) is 101 Å². The average molecular weight is 499 g/mol. The molecule has 2 amide bonds. The third-order valence-electron chi connectivity index (χ3n) is 4.96. The van der Waals surface area contributed by atoms with Gasteiger partial charge in [0.25, 0.3) is 5.91 Å². The molecule has 4 rings (SSSR count). The molecule has 0 saturated heterocycles. The van der Waals surface area contributed by atoms with E-state index >= 15 is 0 Å². The van der Waals surface area contributed by atoms with E-state index in [0.29, 0.717) is 11.3 Å². The zero-order valence-corrected chi connectivity index (χ0v) is 19.0. The predicted octanol–water partition coefficient (Wildman–Crippen LogP) is 5.59. The van der Waals surface area contributed by atoms with E-state index in [1.54, 1.807) is 41.1 Å². The molecule has 2 N–H and O–H groups in total.